The second kappa shape index (κ2) is 14.6. The van der Waals surface area contributed by atoms with Gasteiger partial charge in [-0.05, 0) is 62.9 Å². The van der Waals surface area contributed by atoms with Gasteiger partial charge in [-0.3, -0.25) is 5.32 Å². The summed E-state index contributed by atoms with van der Waals surface area (Å²) in [6, 6.07) is 12.5. The van der Waals surface area contributed by atoms with E-state index >= 15 is 0 Å². The number of para-hydroxylation sites is 1. The van der Waals surface area contributed by atoms with Crippen LogP contribution in [0.4, 0.5) is 26.3 Å². The number of halogens is 1. The number of nitrogens with zero attached hydrogens (tertiary/aromatic N) is 5. The van der Waals surface area contributed by atoms with E-state index in [-0.39, 0.29) is 18.1 Å². The molecule has 0 fully saturated rings. The van der Waals surface area contributed by atoms with Crippen molar-refractivity contribution in [2.24, 2.45) is 0 Å². The Bertz CT molecular complexity index is 2010. The monoisotopic (exact) mass is 667 g/mol. The van der Waals surface area contributed by atoms with Gasteiger partial charge in [-0.2, -0.15) is 0 Å². The molecule has 1 aliphatic heterocycles. The molecule has 3 N–H and O–H groups in total. The first-order valence-corrected chi connectivity index (χ1v) is 16.6. The van der Waals surface area contributed by atoms with Crippen LogP contribution in [0.25, 0.3) is 10.2 Å². The van der Waals surface area contributed by atoms with Gasteiger partial charge < -0.3 is 20.1 Å². The van der Waals surface area contributed by atoms with Gasteiger partial charge >= 0.3 is 5.97 Å². The summed E-state index contributed by atoms with van der Waals surface area (Å²) in [4.78, 5) is 23.9. The molecular weight excluding hydrogens is 638 g/mol. The Hall–Kier alpha value is -5.08. The molecular formula is C34H30FN7O3S2. The normalized spacial score (nSPS) is 12.2. The van der Waals surface area contributed by atoms with E-state index in [4.69, 9.17) is 11.2 Å². The van der Waals surface area contributed by atoms with Crippen LogP contribution in [0.2, 0.25) is 0 Å². The summed E-state index contributed by atoms with van der Waals surface area (Å²) in [7, 11) is 0. The van der Waals surface area contributed by atoms with Crippen LogP contribution in [-0.4, -0.2) is 57.5 Å². The van der Waals surface area contributed by atoms with Crippen LogP contribution in [-0.2, 0) is 12.8 Å². The van der Waals surface area contributed by atoms with Crippen molar-refractivity contribution in [2.45, 2.75) is 32.6 Å². The summed E-state index contributed by atoms with van der Waals surface area (Å²) in [5.41, 5.74) is 3.46. The number of hydrogen-bond donors (Lipinski definition) is 3. The van der Waals surface area contributed by atoms with Crippen LogP contribution in [0, 0.1) is 36.9 Å². The first-order chi connectivity index (χ1) is 22.9. The van der Waals surface area contributed by atoms with Crippen LogP contribution in [0.15, 0.2) is 42.5 Å². The standard InChI is InChI=1S/C34H30FN7O3S2/c1-3-16-36-17-6-9-22-14-15-26(24(35)20-22)45-19-8-13-28-29(32(43)44)38-34(47-28)42-18-7-10-23-21(2)30(40-41-31(23)42)39-33-37-25-11-4-5-12-27(25)46-33/h1,4-5,11-12,14-15,20,36H,7-8,10,13,16-19H2,2H3,(H,43,44)(H,37,39,40). The third-order valence-electron chi connectivity index (χ3n) is 7.44. The second-order valence-corrected chi connectivity index (χ2v) is 12.7. The number of benzene rings is 2. The van der Waals surface area contributed by atoms with Gasteiger partial charge in [0.1, 0.15) is 0 Å². The van der Waals surface area contributed by atoms with Crippen molar-refractivity contribution in [2.75, 3.05) is 36.5 Å². The minimum atomic E-state index is -1.10. The van der Waals surface area contributed by atoms with E-state index in [9.17, 15) is 14.3 Å². The van der Waals surface area contributed by atoms with Crippen LogP contribution >= 0.6 is 22.7 Å². The van der Waals surface area contributed by atoms with Gasteiger partial charge in [0, 0.05) is 28.1 Å². The molecule has 0 amide bonds. The lowest BCUT2D eigenvalue weighted by atomic mass is 10.0. The molecule has 1 aliphatic rings. The van der Waals surface area contributed by atoms with Gasteiger partial charge in [-0.1, -0.05) is 41.2 Å². The first kappa shape index (κ1) is 31.9. The quantitative estimate of drug-likeness (QED) is 0.112. The maximum atomic E-state index is 14.6. The number of terminal acetylenes is 1. The fourth-order valence-electron chi connectivity index (χ4n) is 5.16. The summed E-state index contributed by atoms with van der Waals surface area (Å²) < 4.78 is 21.3. The number of aryl methyl sites for hydroxylation is 1. The molecule has 0 aliphatic carbocycles. The molecule has 6 rings (SSSR count). The number of fused-ring (bicyclic) bond motifs is 2. The number of ether oxygens (including phenoxy) is 1. The van der Waals surface area contributed by atoms with E-state index in [1.165, 1.54) is 17.4 Å². The molecule has 0 unspecified atom stereocenters. The molecule has 0 atom stereocenters. The number of nitrogens with one attached hydrogen (secondary N) is 2. The lowest BCUT2D eigenvalue weighted by Crippen LogP contribution is -2.27. The highest BCUT2D eigenvalue weighted by atomic mass is 32.1. The van der Waals surface area contributed by atoms with Gasteiger partial charge in [-0.15, -0.1) is 28.0 Å². The highest BCUT2D eigenvalue weighted by Gasteiger charge is 2.28. The number of hydrogen-bond acceptors (Lipinski definition) is 11. The van der Waals surface area contributed by atoms with Crippen molar-refractivity contribution in [1.29, 1.82) is 0 Å². The van der Waals surface area contributed by atoms with Crippen LogP contribution in [0.3, 0.4) is 0 Å². The Kier molecular flexibility index (Phi) is 9.88. The molecule has 0 bridgehead atoms. The van der Waals surface area contributed by atoms with E-state index in [1.807, 2.05) is 36.1 Å². The molecule has 0 spiro atoms. The first-order valence-electron chi connectivity index (χ1n) is 15.0. The van der Waals surface area contributed by atoms with Crippen molar-refractivity contribution in [3.05, 3.63) is 75.5 Å². The van der Waals surface area contributed by atoms with E-state index < -0.39 is 11.8 Å². The number of thiazole rings is 2. The lowest BCUT2D eigenvalue weighted by molar-refractivity contribution is 0.0690. The summed E-state index contributed by atoms with van der Waals surface area (Å²) in [6.45, 7) is 3.67. The average molecular weight is 668 g/mol. The molecule has 0 saturated heterocycles. The zero-order valence-electron chi connectivity index (χ0n) is 25.5. The average Bonchev–Trinajstić information content (AvgIpc) is 3.69. The van der Waals surface area contributed by atoms with E-state index in [2.05, 4.69) is 48.6 Å². The van der Waals surface area contributed by atoms with E-state index in [1.54, 1.807) is 23.5 Å². The van der Waals surface area contributed by atoms with Crippen molar-refractivity contribution >= 4 is 60.8 Å². The summed E-state index contributed by atoms with van der Waals surface area (Å²) in [5.74, 6) is 8.04. The second-order valence-electron chi connectivity index (χ2n) is 10.6. The molecule has 4 heterocycles. The van der Waals surface area contributed by atoms with Gasteiger partial charge in [-0.25, -0.2) is 19.2 Å². The van der Waals surface area contributed by atoms with Crippen LogP contribution in [0.5, 0.6) is 5.75 Å². The van der Waals surface area contributed by atoms with Gasteiger partial charge in [0.05, 0.1) is 29.9 Å². The Morgan fingerprint density at radius 3 is 2.85 bits per heavy atom. The van der Waals surface area contributed by atoms with Gasteiger partial charge in [0.2, 0.25) is 0 Å². The number of carboxylic acids is 1. The van der Waals surface area contributed by atoms with Crippen molar-refractivity contribution in [3.8, 4) is 29.9 Å². The smallest absolute Gasteiger partial charge is 0.355 e. The number of carbonyl (C=O) groups is 1. The van der Waals surface area contributed by atoms with E-state index in [0.717, 1.165) is 39.3 Å². The van der Waals surface area contributed by atoms with Crippen molar-refractivity contribution < 1.29 is 19.0 Å². The largest absolute Gasteiger partial charge is 0.491 e. The Balaban J connectivity index is 1.11. The Labute approximate surface area is 279 Å². The zero-order chi connectivity index (χ0) is 32.8. The minimum Gasteiger partial charge on any atom is -0.491 e. The fraction of sp³-hybridized carbons (Fsp3) is 0.265. The minimum absolute atomic E-state index is 0.00164. The molecule has 47 heavy (non-hydrogen) atoms. The van der Waals surface area contributed by atoms with Crippen LogP contribution < -0.4 is 20.3 Å². The molecule has 238 valence electrons. The predicted molar refractivity (Wildman–Crippen MR) is 183 cm³/mol. The van der Waals surface area contributed by atoms with Crippen molar-refractivity contribution in [1.82, 2.24) is 25.5 Å². The van der Waals surface area contributed by atoms with Gasteiger partial charge in [0.15, 0.2) is 39.2 Å². The van der Waals surface area contributed by atoms with Gasteiger partial charge in [0.25, 0.3) is 0 Å². The third kappa shape index (κ3) is 7.34. The molecule has 5 aromatic rings. The third-order valence-corrected chi connectivity index (χ3v) is 9.53. The lowest BCUT2D eigenvalue weighted by Gasteiger charge is -2.28. The summed E-state index contributed by atoms with van der Waals surface area (Å²) in [6.07, 6.45) is 7.73. The number of rotatable bonds is 11. The molecule has 13 heteroatoms. The Morgan fingerprint density at radius 2 is 2.04 bits per heavy atom. The number of anilines is 4. The SMILES string of the molecule is C#CCNCC#Cc1ccc(OCCCc2sc(N3CCCc4c3nnc(Nc3nc5ccccc5s3)c4C)nc2C(=O)O)c(F)c1. The molecule has 0 saturated carbocycles. The number of carboxylic acid groups (broad SMARTS) is 1. The highest BCUT2D eigenvalue weighted by molar-refractivity contribution is 7.22. The molecule has 2 aromatic carbocycles. The molecule has 0 radical (unpaired) electrons. The highest BCUT2D eigenvalue weighted by Crippen LogP contribution is 2.39. The number of aromatic carboxylic acids is 1. The van der Waals surface area contributed by atoms with Crippen molar-refractivity contribution in [3.63, 3.8) is 0 Å². The topological polar surface area (TPSA) is 125 Å². The van der Waals surface area contributed by atoms with Crippen LogP contribution in [0.1, 0.15) is 44.9 Å². The zero-order valence-corrected chi connectivity index (χ0v) is 27.1. The molecule has 3 aromatic heterocycles. The predicted octanol–water partition coefficient (Wildman–Crippen LogP) is 6.10. The maximum absolute atomic E-state index is 14.6. The fourth-order valence-corrected chi connectivity index (χ4v) is 7.14. The summed E-state index contributed by atoms with van der Waals surface area (Å²) >= 11 is 2.87. The maximum Gasteiger partial charge on any atom is 0.355 e. The number of aromatic nitrogens is 4. The summed E-state index contributed by atoms with van der Waals surface area (Å²) in [5, 5.41) is 26.5. The molecule has 10 nitrogen and oxygen atoms in total. The Morgan fingerprint density at radius 1 is 1.17 bits per heavy atom. The van der Waals surface area contributed by atoms with E-state index in [0.29, 0.717) is 59.7 Å².